The molecule has 0 saturated heterocycles. The van der Waals surface area contributed by atoms with Crippen molar-refractivity contribution in [3.63, 3.8) is 0 Å². The van der Waals surface area contributed by atoms with Crippen molar-refractivity contribution in [1.29, 1.82) is 0 Å². The summed E-state index contributed by atoms with van der Waals surface area (Å²) in [6.45, 7) is 3.56. The Balaban J connectivity index is 0.00000338. The molecule has 1 unspecified atom stereocenters. The zero-order valence-corrected chi connectivity index (χ0v) is 18.6. The van der Waals surface area contributed by atoms with Crippen LogP contribution in [0.3, 0.4) is 0 Å². The molecule has 0 aliphatic carbocycles. The molecule has 144 valence electrons. The maximum absolute atomic E-state index is 12.1. The second kappa shape index (κ2) is 11.5. The molecule has 0 amide bonds. The lowest BCUT2D eigenvalue weighted by molar-refractivity contribution is 0.580. The van der Waals surface area contributed by atoms with Crippen LogP contribution in [0.1, 0.15) is 18.4 Å². The van der Waals surface area contributed by atoms with Gasteiger partial charge in [-0.15, -0.1) is 24.0 Å². The average molecular weight is 509 g/mol. The van der Waals surface area contributed by atoms with Gasteiger partial charge in [-0.2, -0.15) is 11.3 Å². The van der Waals surface area contributed by atoms with Crippen LogP contribution in [0.25, 0.3) is 0 Å². The van der Waals surface area contributed by atoms with E-state index in [2.05, 4.69) is 49.1 Å². The summed E-state index contributed by atoms with van der Waals surface area (Å²) in [6.07, 6.45) is 2.86. The molecule has 0 bridgehead atoms. The Morgan fingerprint density at radius 1 is 1.31 bits per heavy atom. The van der Waals surface area contributed by atoms with Crippen molar-refractivity contribution < 1.29 is 8.42 Å². The number of aliphatic imine (C=N–C) groups is 1. The molecule has 7 nitrogen and oxygen atoms in total. The Labute approximate surface area is 175 Å². The van der Waals surface area contributed by atoms with Crippen molar-refractivity contribution in [2.75, 3.05) is 26.7 Å². The molecule has 0 aliphatic rings. The third-order valence-electron chi connectivity index (χ3n) is 3.57. The lowest BCUT2D eigenvalue weighted by Gasteiger charge is -2.15. The van der Waals surface area contributed by atoms with Gasteiger partial charge in [0.25, 0.3) is 0 Å². The first kappa shape index (κ1) is 22.8. The highest BCUT2D eigenvalue weighted by molar-refractivity contribution is 14.0. The smallest absolute Gasteiger partial charge is 0.242 e. The topological polar surface area (TPSA) is 95.5 Å². The first-order valence-electron chi connectivity index (χ1n) is 7.89. The molecule has 2 aromatic rings. The number of sulfonamides is 1. The Bertz CT molecular complexity index is 767. The number of rotatable bonds is 8. The van der Waals surface area contributed by atoms with E-state index >= 15 is 0 Å². The minimum Gasteiger partial charge on any atom is -0.356 e. The van der Waals surface area contributed by atoms with E-state index in [1.807, 2.05) is 0 Å². The van der Waals surface area contributed by atoms with Gasteiger partial charge in [-0.3, -0.25) is 9.98 Å². The Kier molecular flexibility index (Phi) is 10.1. The van der Waals surface area contributed by atoms with E-state index in [1.54, 1.807) is 24.5 Å². The molecule has 2 aromatic heterocycles. The van der Waals surface area contributed by atoms with Crippen LogP contribution in [0.15, 0.2) is 51.2 Å². The van der Waals surface area contributed by atoms with E-state index in [0.717, 1.165) is 6.54 Å². The highest BCUT2D eigenvalue weighted by atomic mass is 127. The Morgan fingerprint density at radius 2 is 2.12 bits per heavy atom. The summed E-state index contributed by atoms with van der Waals surface area (Å²) in [5.74, 6) is 1.01. The number of nitrogens with zero attached hydrogens (tertiary/aromatic N) is 2. The molecular formula is C16H24IN5O2S2. The predicted octanol–water partition coefficient (Wildman–Crippen LogP) is 2.01. The fourth-order valence-electron chi connectivity index (χ4n) is 2.10. The van der Waals surface area contributed by atoms with Gasteiger partial charge in [0.1, 0.15) is 4.90 Å². The normalized spacial score (nSPS) is 12.9. The number of nitrogens with one attached hydrogen (secondary N) is 3. The summed E-state index contributed by atoms with van der Waals surface area (Å²) in [7, 11) is -1.85. The van der Waals surface area contributed by atoms with Crippen LogP contribution in [-0.2, 0) is 10.0 Å². The van der Waals surface area contributed by atoms with Crippen LogP contribution in [0.5, 0.6) is 0 Å². The number of hydrogen-bond acceptors (Lipinski definition) is 5. The zero-order chi connectivity index (χ0) is 18.1. The molecule has 0 saturated carbocycles. The molecule has 2 heterocycles. The molecule has 26 heavy (non-hydrogen) atoms. The second-order valence-corrected chi connectivity index (χ2v) is 7.97. The second-order valence-electron chi connectivity index (χ2n) is 5.42. The van der Waals surface area contributed by atoms with Crippen molar-refractivity contribution in [1.82, 2.24) is 20.3 Å². The van der Waals surface area contributed by atoms with Gasteiger partial charge in [-0.05, 0) is 40.4 Å². The van der Waals surface area contributed by atoms with Gasteiger partial charge >= 0.3 is 0 Å². The Hall–Kier alpha value is -1.24. The summed E-state index contributed by atoms with van der Waals surface area (Å²) in [5, 5.41) is 10.5. The van der Waals surface area contributed by atoms with Crippen LogP contribution in [0, 0.1) is 0 Å². The molecule has 0 aliphatic heterocycles. The number of aromatic nitrogens is 1. The fraction of sp³-hybridized carbons (Fsp3) is 0.375. The summed E-state index contributed by atoms with van der Waals surface area (Å²) in [5.41, 5.74) is 1.29. The summed E-state index contributed by atoms with van der Waals surface area (Å²) in [6, 6.07) is 5.21. The number of hydrogen-bond donors (Lipinski definition) is 3. The van der Waals surface area contributed by atoms with E-state index in [1.165, 1.54) is 24.0 Å². The van der Waals surface area contributed by atoms with E-state index in [0.29, 0.717) is 18.4 Å². The highest BCUT2D eigenvalue weighted by Gasteiger charge is 2.13. The van der Waals surface area contributed by atoms with Gasteiger partial charge in [-0.1, -0.05) is 6.92 Å². The van der Waals surface area contributed by atoms with Crippen molar-refractivity contribution in [2.24, 2.45) is 4.99 Å². The summed E-state index contributed by atoms with van der Waals surface area (Å²) in [4.78, 5) is 8.12. The number of pyridine rings is 1. The van der Waals surface area contributed by atoms with Gasteiger partial charge in [0, 0.05) is 39.1 Å². The van der Waals surface area contributed by atoms with Gasteiger partial charge in [0.15, 0.2) is 5.96 Å². The van der Waals surface area contributed by atoms with Crippen LogP contribution in [0.2, 0.25) is 0 Å². The average Bonchev–Trinajstić information content (AvgIpc) is 3.16. The third-order valence-corrected chi connectivity index (χ3v) is 5.71. The minimum absolute atomic E-state index is 0. The van der Waals surface area contributed by atoms with E-state index < -0.39 is 10.0 Å². The highest BCUT2D eigenvalue weighted by Crippen LogP contribution is 2.16. The molecule has 1 atom stereocenters. The molecule has 3 N–H and O–H groups in total. The van der Waals surface area contributed by atoms with Crippen molar-refractivity contribution >= 4 is 51.3 Å². The number of thiophene rings is 1. The molecular weight excluding hydrogens is 485 g/mol. The van der Waals surface area contributed by atoms with Crippen molar-refractivity contribution in [3.05, 3.63) is 46.9 Å². The molecule has 0 fully saturated rings. The van der Waals surface area contributed by atoms with Crippen LogP contribution >= 0.6 is 35.3 Å². The largest absolute Gasteiger partial charge is 0.356 e. The number of halogens is 1. The molecule has 0 radical (unpaired) electrons. The maximum Gasteiger partial charge on any atom is 0.242 e. The van der Waals surface area contributed by atoms with E-state index in [-0.39, 0.29) is 35.4 Å². The predicted molar refractivity (Wildman–Crippen MR) is 117 cm³/mol. The number of guanidine groups is 1. The maximum atomic E-state index is 12.1. The molecule has 0 spiro atoms. The summed E-state index contributed by atoms with van der Waals surface area (Å²) < 4.78 is 26.7. The monoisotopic (exact) mass is 509 g/mol. The van der Waals surface area contributed by atoms with Gasteiger partial charge in [0.2, 0.25) is 10.0 Å². The first-order valence-corrected chi connectivity index (χ1v) is 10.3. The first-order chi connectivity index (χ1) is 12.0. The summed E-state index contributed by atoms with van der Waals surface area (Å²) >= 11 is 1.68. The lowest BCUT2D eigenvalue weighted by atomic mass is 10.1. The van der Waals surface area contributed by atoms with Crippen molar-refractivity contribution in [2.45, 2.75) is 17.7 Å². The zero-order valence-electron chi connectivity index (χ0n) is 14.7. The fourth-order valence-corrected chi connectivity index (χ4v) is 3.88. The quantitative estimate of drug-likeness (QED) is 0.219. The van der Waals surface area contributed by atoms with Crippen LogP contribution < -0.4 is 15.4 Å². The lowest BCUT2D eigenvalue weighted by Crippen LogP contribution is -2.42. The third kappa shape index (κ3) is 7.17. The van der Waals surface area contributed by atoms with Gasteiger partial charge in [-0.25, -0.2) is 13.1 Å². The SMILES string of the molecule is CN=C(NCCNS(=O)(=O)c1cccnc1)NCC(C)c1ccsc1.I. The van der Waals surface area contributed by atoms with Crippen LogP contribution in [-0.4, -0.2) is 46.0 Å². The molecule has 10 heteroatoms. The van der Waals surface area contributed by atoms with Gasteiger partial charge < -0.3 is 10.6 Å². The molecule has 0 aromatic carbocycles. The Morgan fingerprint density at radius 3 is 2.73 bits per heavy atom. The van der Waals surface area contributed by atoms with E-state index in [4.69, 9.17) is 0 Å². The van der Waals surface area contributed by atoms with E-state index in [9.17, 15) is 8.42 Å². The standard InChI is InChI=1S/C16H23N5O2S2.HI/c1-13(14-5-9-24-12-14)10-20-16(17-2)19-7-8-21-25(22,23)15-4-3-6-18-11-15;/h3-6,9,11-13,21H,7-8,10H2,1-2H3,(H2,17,19,20);1H. The molecule has 2 rings (SSSR count). The van der Waals surface area contributed by atoms with Gasteiger partial charge in [0.05, 0.1) is 0 Å². The van der Waals surface area contributed by atoms with Crippen LogP contribution in [0.4, 0.5) is 0 Å². The minimum atomic E-state index is -3.53. The van der Waals surface area contributed by atoms with Crippen molar-refractivity contribution in [3.8, 4) is 0 Å².